The van der Waals surface area contributed by atoms with Crippen molar-refractivity contribution in [3.8, 4) is 0 Å². The molecule has 2 aromatic heterocycles. The minimum absolute atomic E-state index is 0. The molecule has 0 aromatic carbocycles. The van der Waals surface area contributed by atoms with Gasteiger partial charge in [0.05, 0.1) is 30.5 Å². The van der Waals surface area contributed by atoms with Crippen molar-refractivity contribution < 1.29 is 19.7 Å². The first-order valence-corrected chi connectivity index (χ1v) is 8.03. The van der Waals surface area contributed by atoms with Gasteiger partial charge in [-0.2, -0.15) is 0 Å². The molecule has 1 aliphatic carbocycles. The number of nitrogens with one attached hydrogen (secondary N) is 1. The van der Waals surface area contributed by atoms with Gasteiger partial charge in [0.15, 0.2) is 0 Å². The first-order valence-electron chi connectivity index (χ1n) is 8.03. The second-order valence-electron chi connectivity index (χ2n) is 6.16. The lowest BCUT2D eigenvalue weighted by Gasteiger charge is -2.18. The van der Waals surface area contributed by atoms with Gasteiger partial charge in [0.2, 0.25) is 0 Å². The fraction of sp³-hybridized carbons (Fsp3) is 0.500. The van der Waals surface area contributed by atoms with Gasteiger partial charge >= 0.3 is 0 Å². The Bertz CT molecular complexity index is 718. The molecular weight excluding hydrogens is 397 g/mol. The number of ether oxygens (including phenoxy) is 1. The molecule has 150 valence electrons. The standard InChI is InChI=1S/C16H21N5O4.2ClH/c1-25-9-12-8-21(20-19-12)7-11-5-13(15(23)14(11)22)18-16(24)10-3-2-4-17-6-10;;/h2-4,6,8,11,13-15,22-23H,5,7,9H2,1H3,(H,18,24);2*1H/t11-,13-,14-,15+;;/m1../s1. The zero-order chi connectivity index (χ0) is 17.8. The maximum Gasteiger partial charge on any atom is 0.253 e. The molecule has 0 bridgehead atoms. The number of amides is 1. The van der Waals surface area contributed by atoms with Crippen molar-refractivity contribution in [2.45, 2.75) is 37.8 Å². The van der Waals surface area contributed by atoms with Gasteiger partial charge in [0, 0.05) is 32.0 Å². The van der Waals surface area contributed by atoms with Crippen molar-refractivity contribution in [2.75, 3.05) is 7.11 Å². The lowest BCUT2D eigenvalue weighted by atomic mass is 10.1. The minimum Gasteiger partial charge on any atom is -0.390 e. The Balaban J connectivity index is 0.00000182. The van der Waals surface area contributed by atoms with E-state index in [1.165, 1.54) is 6.20 Å². The van der Waals surface area contributed by atoms with Gasteiger partial charge in [-0.05, 0) is 18.6 Å². The van der Waals surface area contributed by atoms with Crippen LogP contribution in [0, 0.1) is 5.92 Å². The highest BCUT2D eigenvalue weighted by Crippen LogP contribution is 2.28. The van der Waals surface area contributed by atoms with Crippen LogP contribution in [0.1, 0.15) is 22.5 Å². The fourth-order valence-electron chi connectivity index (χ4n) is 3.08. The first kappa shape index (κ1) is 23.3. The average molecular weight is 420 g/mol. The fourth-order valence-corrected chi connectivity index (χ4v) is 3.08. The molecule has 3 N–H and O–H groups in total. The van der Waals surface area contributed by atoms with Crippen LogP contribution in [0.4, 0.5) is 0 Å². The summed E-state index contributed by atoms with van der Waals surface area (Å²) in [6, 6.07) is 2.78. The molecule has 0 saturated heterocycles. The summed E-state index contributed by atoms with van der Waals surface area (Å²) in [4.78, 5) is 16.1. The molecule has 3 rings (SSSR count). The number of methoxy groups -OCH3 is 1. The minimum atomic E-state index is -1.03. The van der Waals surface area contributed by atoms with E-state index < -0.39 is 18.2 Å². The Morgan fingerprint density at radius 2 is 2.15 bits per heavy atom. The van der Waals surface area contributed by atoms with Crippen LogP contribution in [0.25, 0.3) is 0 Å². The highest BCUT2D eigenvalue weighted by molar-refractivity contribution is 5.94. The second-order valence-corrected chi connectivity index (χ2v) is 6.16. The Labute approximate surface area is 169 Å². The van der Waals surface area contributed by atoms with E-state index in [9.17, 15) is 15.0 Å². The molecule has 0 spiro atoms. The van der Waals surface area contributed by atoms with Gasteiger partial charge in [-0.1, -0.05) is 5.21 Å². The summed E-state index contributed by atoms with van der Waals surface area (Å²) in [7, 11) is 1.58. The maximum atomic E-state index is 12.2. The van der Waals surface area contributed by atoms with Crippen LogP contribution in [0.2, 0.25) is 0 Å². The smallest absolute Gasteiger partial charge is 0.253 e. The van der Waals surface area contributed by atoms with Crippen LogP contribution in [-0.2, 0) is 17.9 Å². The molecule has 1 fully saturated rings. The van der Waals surface area contributed by atoms with Crippen LogP contribution in [0.3, 0.4) is 0 Å². The summed E-state index contributed by atoms with van der Waals surface area (Å²) in [5.41, 5.74) is 1.10. The van der Waals surface area contributed by atoms with Gasteiger partial charge in [0.1, 0.15) is 11.8 Å². The number of aromatic nitrogens is 4. The first-order chi connectivity index (χ1) is 12.1. The number of hydrogen-bond acceptors (Lipinski definition) is 7. The predicted molar refractivity (Wildman–Crippen MR) is 101 cm³/mol. The molecule has 1 saturated carbocycles. The SMILES string of the molecule is COCc1cn(C[C@H]2C[C@@H](NC(=O)c3cccnc3)[C@H](O)[C@@H]2O)nn1.Cl.Cl. The molecule has 9 nitrogen and oxygen atoms in total. The van der Waals surface area contributed by atoms with Crippen LogP contribution in [0.15, 0.2) is 30.7 Å². The lowest BCUT2D eigenvalue weighted by molar-refractivity contribution is 0.00761. The van der Waals surface area contributed by atoms with E-state index >= 15 is 0 Å². The molecule has 1 aliphatic rings. The Hall–Kier alpha value is -1.78. The molecule has 0 unspecified atom stereocenters. The van der Waals surface area contributed by atoms with Crippen molar-refractivity contribution in [3.05, 3.63) is 42.0 Å². The number of aliphatic hydroxyl groups is 2. The Morgan fingerprint density at radius 1 is 1.37 bits per heavy atom. The van der Waals surface area contributed by atoms with Crippen LogP contribution in [0.5, 0.6) is 0 Å². The normalized spacial score (nSPS) is 24.0. The summed E-state index contributed by atoms with van der Waals surface area (Å²) < 4.78 is 6.61. The molecule has 2 heterocycles. The van der Waals surface area contributed by atoms with E-state index in [4.69, 9.17) is 4.74 Å². The third kappa shape index (κ3) is 5.60. The Kier molecular flexibility index (Phi) is 9.07. The number of hydrogen-bond donors (Lipinski definition) is 3. The average Bonchev–Trinajstić information content (AvgIpc) is 3.16. The zero-order valence-electron chi connectivity index (χ0n) is 14.6. The number of nitrogens with zero attached hydrogens (tertiary/aromatic N) is 4. The van der Waals surface area contributed by atoms with E-state index in [-0.39, 0.29) is 36.6 Å². The number of rotatable bonds is 6. The molecule has 1 amide bonds. The summed E-state index contributed by atoms with van der Waals surface area (Å²) in [6.45, 7) is 0.758. The number of carbonyl (C=O) groups excluding carboxylic acids is 1. The van der Waals surface area contributed by atoms with Gasteiger partial charge in [-0.25, -0.2) is 0 Å². The summed E-state index contributed by atoms with van der Waals surface area (Å²) >= 11 is 0. The molecule has 0 radical (unpaired) electrons. The number of halogens is 2. The highest BCUT2D eigenvalue weighted by Gasteiger charge is 2.42. The second kappa shape index (κ2) is 10.5. The third-order valence-corrected chi connectivity index (χ3v) is 4.34. The molecule has 2 aromatic rings. The monoisotopic (exact) mass is 419 g/mol. The molecular formula is C16H23Cl2N5O4. The quantitative estimate of drug-likeness (QED) is 0.610. The van der Waals surface area contributed by atoms with E-state index in [1.54, 1.807) is 36.3 Å². The molecule has 0 aliphatic heterocycles. The Morgan fingerprint density at radius 3 is 2.81 bits per heavy atom. The number of aliphatic hydroxyl groups excluding tert-OH is 2. The molecule has 27 heavy (non-hydrogen) atoms. The van der Waals surface area contributed by atoms with Gasteiger partial charge in [-0.3, -0.25) is 14.5 Å². The van der Waals surface area contributed by atoms with Gasteiger partial charge in [-0.15, -0.1) is 29.9 Å². The third-order valence-electron chi connectivity index (χ3n) is 4.34. The predicted octanol–water partition coefficient (Wildman–Crippen LogP) is 0.203. The molecule has 4 atom stereocenters. The number of pyridine rings is 1. The zero-order valence-corrected chi connectivity index (χ0v) is 16.3. The van der Waals surface area contributed by atoms with Crippen LogP contribution >= 0.6 is 24.8 Å². The highest BCUT2D eigenvalue weighted by atomic mass is 35.5. The van der Waals surface area contributed by atoms with E-state index in [1.807, 2.05) is 0 Å². The van der Waals surface area contributed by atoms with Gasteiger partial charge in [0.25, 0.3) is 5.91 Å². The van der Waals surface area contributed by atoms with E-state index in [0.29, 0.717) is 30.8 Å². The van der Waals surface area contributed by atoms with Crippen molar-refractivity contribution in [1.29, 1.82) is 0 Å². The summed E-state index contributed by atoms with van der Waals surface area (Å²) in [6.07, 6.45) is 3.23. The summed E-state index contributed by atoms with van der Waals surface area (Å²) in [5, 5.41) is 31.2. The molecule has 11 heteroatoms. The van der Waals surface area contributed by atoms with Crippen LogP contribution in [-0.4, -0.2) is 61.5 Å². The summed E-state index contributed by atoms with van der Waals surface area (Å²) in [5.74, 6) is -0.570. The van der Waals surface area contributed by atoms with Crippen molar-refractivity contribution in [1.82, 2.24) is 25.3 Å². The van der Waals surface area contributed by atoms with Crippen LogP contribution < -0.4 is 5.32 Å². The maximum absolute atomic E-state index is 12.2. The van der Waals surface area contributed by atoms with E-state index in [2.05, 4.69) is 20.6 Å². The van der Waals surface area contributed by atoms with Gasteiger partial charge < -0.3 is 20.3 Å². The number of carbonyl (C=O) groups is 1. The van der Waals surface area contributed by atoms with E-state index in [0.717, 1.165) is 0 Å². The van der Waals surface area contributed by atoms with Crippen molar-refractivity contribution >= 4 is 30.7 Å². The van der Waals surface area contributed by atoms with Crippen molar-refractivity contribution in [3.63, 3.8) is 0 Å². The largest absolute Gasteiger partial charge is 0.390 e. The van der Waals surface area contributed by atoms with Crippen molar-refractivity contribution in [2.24, 2.45) is 5.92 Å². The lowest BCUT2D eigenvalue weighted by Crippen LogP contribution is -2.43. The topological polar surface area (TPSA) is 122 Å².